The minimum atomic E-state index is -1.88. The lowest BCUT2D eigenvalue weighted by atomic mass is 10.0. The fourth-order valence-electron chi connectivity index (χ4n) is 1.52. The highest BCUT2D eigenvalue weighted by Gasteiger charge is 2.30. The van der Waals surface area contributed by atoms with Crippen molar-refractivity contribution in [3.63, 3.8) is 0 Å². The van der Waals surface area contributed by atoms with Crippen molar-refractivity contribution in [2.75, 3.05) is 11.7 Å². The van der Waals surface area contributed by atoms with E-state index in [1.165, 1.54) is 12.1 Å². The molecule has 0 aromatic heterocycles. The Morgan fingerprint density at radius 3 is 2.27 bits per heavy atom. The second-order valence-corrected chi connectivity index (χ2v) is 4.35. The molecular formula is C12H17N3O7. The molecule has 0 aliphatic carbocycles. The Hall–Kier alpha value is -2.11. The van der Waals surface area contributed by atoms with Crippen molar-refractivity contribution in [1.29, 1.82) is 0 Å². The molecule has 22 heavy (non-hydrogen) atoms. The van der Waals surface area contributed by atoms with E-state index in [4.69, 9.17) is 10.2 Å². The van der Waals surface area contributed by atoms with Crippen molar-refractivity contribution in [3.05, 3.63) is 40.4 Å². The maximum absolute atomic E-state index is 10.9. The van der Waals surface area contributed by atoms with Crippen LogP contribution in [0.1, 0.15) is 0 Å². The second-order valence-electron chi connectivity index (χ2n) is 4.35. The zero-order chi connectivity index (χ0) is 16.7. The Bertz CT molecular complexity index is 499. The van der Waals surface area contributed by atoms with Crippen LogP contribution in [-0.2, 0) is 0 Å². The molecule has 1 aromatic rings. The third kappa shape index (κ3) is 4.72. The summed E-state index contributed by atoms with van der Waals surface area (Å²) in [6, 6.07) is 7.57. The molecule has 0 aliphatic rings. The number of nitrogens with zero attached hydrogens (tertiary/aromatic N) is 3. The Morgan fingerprint density at radius 2 is 1.77 bits per heavy atom. The van der Waals surface area contributed by atoms with Crippen LogP contribution in [0.15, 0.2) is 35.4 Å². The molecule has 10 heteroatoms. The van der Waals surface area contributed by atoms with Gasteiger partial charge in [0.05, 0.1) is 11.6 Å². The maximum atomic E-state index is 10.9. The first kappa shape index (κ1) is 17.9. The molecular weight excluding hydrogens is 298 g/mol. The summed E-state index contributed by atoms with van der Waals surface area (Å²) >= 11 is 0. The molecule has 4 unspecified atom stereocenters. The van der Waals surface area contributed by atoms with Gasteiger partial charge in [-0.1, -0.05) is 18.2 Å². The fourth-order valence-corrected chi connectivity index (χ4v) is 1.52. The highest BCUT2D eigenvalue weighted by molar-refractivity contribution is 5.65. The van der Waals surface area contributed by atoms with Gasteiger partial charge >= 0.3 is 0 Å². The number of nitro groups is 1. The van der Waals surface area contributed by atoms with Gasteiger partial charge in [0, 0.05) is 10.2 Å². The predicted octanol–water partition coefficient (Wildman–Crippen LogP) is -1.89. The number of hydrazone groups is 1. The highest BCUT2D eigenvalue weighted by Crippen LogP contribution is 2.13. The summed E-state index contributed by atoms with van der Waals surface area (Å²) in [5, 5.41) is 60.3. The molecule has 1 rings (SSSR count). The summed E-state index contributed by atoms with van der Waals surface area (Å²) in [4.78, 5) is 10.9. The van der Waals surface area contributed by atoms with Crippen LogP contribution in [0.5, 0.6) is 0 Å². The van der Waals surface area contributed by atoms with Gasteiger partial charge in [0.1, 0.15) is 30.1 Å². The standard InChI is InChI=1S/C12H17N3O7/c16-7-10(18)12(20)11(19)9(17)6-13-14(15(21)22)8-4-2-1-3-5-8/h1-6,9-12,16-20H,7H2. The van der Waals surface area contributed by atoms with E-state index in [2.05, 4.69) is 5.10 Å². The molecule has 122 valence electrons. The van der Waals surface area contributed by atoms with E-state index in [1.54, 1.807) is 18.2 Å². The second kappa shape index (κ2) is 8.36. The normalized spacial score (nSPS) is 17.0. The van der Waals surface area contributed by atoms with Crippen LogP contribution in [0.3, 0.4) is 0 Å². The summed E-state index contributed by atoms with van der Waals surface area (Å²) in [6.07, 6.45) is -6.53. The van der Waals surface area contributed by atoms with E-state index < -0.39 is 36.1 Å². The summed E-state index contributed by atoms with van der Waals surface area (Å²) in [5.74, 6) is 0. The topological polar surface area (TPSA) is 160 Å². The molecule has 10 nitrogen and oxygen atoms in total. The lowest BCUT2D eigenvalue weighted by molar-refractivity contribution is -0.495. The summed E-state index contributed by atoms with van der Waals surface area (Å²) < 4.78 is 0. The number of para-hydroxylation sites is 1. The molecule has 0 spiro atoms. The Kier molecular flexibility index (Phi) is 6.82. The van der Waals surface area contributed by atoms with Crippen molar-refractivity contribution in [2.45, 2.75) is 24.4 Å². The third-order valence-corrected chi connectivity index (χ3v) is 2.75. The van der Waals surface area contributed by atoms with Crippen LogP contribution >= 0.6 is 0 Å². The summed E-state index contributed by atoms with van der Waals surface area (Å²) in [7, 11) is 0. The molecule has 0 heterocycles. The van der Waals surface area contributed by atoms with Crippen molar-refractivity contribution in [2.24, 2.45) is 5.10 Å². The number of hydrogen-bond donors (Lipinski definition) is 5. The molecule has 0 bridgehead atoms. The van der Waals surface area contributed by atoms with Gasteiger partial charge in [-0.15, -0.1) is 0 Å². The lowest BCUT2D eigenvalue weighted by Crippen LogP contribution is -2.46. The quantitative estimate of drug-likeness (QED) is 0.211. The average molecular weight is 315 g/mol. The van der Waals surface area contributed by atoms with Crippen molar-refractivity contribution < 1.29 is 30.6 Å². The van der Waals surface area contributed by atoms with Crippen LogP contribution in [0.2, 0.25) is 0 Å². The minimum Gasteiger partial charge on any atom is -0.394 e. The molecule has 0 aliphatic heterocycles. The molecule has 1 aromatic carbocycles. The summed E-state index contributed by atoms with van der Waals surface area (Å²) in [5.41, 5.74) is 0.112. The number of hydrazine groups is 1. The van der Waals surface area contributed by atoms with Crippen LogP contribution in [0.25, 0.3) is 0 Å². The van der Waals surface area contributed by atoms with Gasteiger partial charge in [0.2, 0.25) is 0 Å². The third-order valence-electron chi connectivity index (χ3n) is 2.75. The Morgan fingerprint density at radius 1 is 1.18 bits per heavy atom. The summed E-state index contributed by atoms with van der Waals surface area (Å²) in [6.45, 7) is -0.826. The first-order chi connectivity index (χ1) is 10.4. The van der Waals surface area contributed by atoms with E-state index in [0.717, 1.165) is 0 Å². The van der Waals surface area contributed by atoms with Gasteiger partial charge in [-0.2, -0.15) is 0 Å². The van der Waals surface area contributed by atoms with Gasteiger partial charge < -0.3 is 35.6 Å². The van der Waals surface area contributed by atoms with Gasteiger partial charge in [-0.25, -0.2) is 0 Å². The van der Waals surface area contributed by atoms with E-state index in [1.807, 2.05) is 0 Å². The average Bonchev–Trinajstić information content (AvgIpc) is 2.53. The zero-order valence-electron chi connectivity index (χ0n) is 11.4. The van der Waals surface area contributed by atoms with Gasteiger partial charge in [-0.05, 0) is 12.1 Å². The number of aliphatic hydroxyl groups is 5. The van der Waals surface area contributed by atoms with Gasteiger partial charge in [0.15, 0.2) is 6.21 Å². The largest absolute Gasteiger partial charge is 0.394 e. The Balaban J connectivity index is 2.81. The van der Waals surface area contributed by atoms with Gasteiger partial charge in [-0.3, -0.25) is 0 Å². The maximum Gasteiger partial charge on any atom is 0.174 e. The van der Waals surface area contributed by atoms with Crippen LogP contribution in [-0.4, -0.2) is 67.8 Å². The van der Waals surface area contributed by atoms with E-state index in [0.29, 0.717) is 11.3 Å². The number of benzene rings is 1. The lowest BCUT2D eigenvalue weighted by Gasteiger charge is -2.22. The zero-order valence-corrected chi connectivity index (χ0v) is 11.4. The predicted molar refractivity (Wildman–Crippen MR) is 75.5 cm³/mol. The fraction of sp³-hybridized carbons (Fsp3) is 0.417. The SMILES string of the molecule is O=[N+]([O-])N(N=CC(O)C(O)C(O)C(O)CO)c1ccccc1. The molecule has 5 N–H and O–H groups in total. The first-order valence-corrected chi connectivity index (χ1v) is 6.25. The molecule has 0 fully saturated rings. The van der Waals surface area contributed by atoms with Crippen LogP contribution in [0, 0.1) is 10.1 Å². The highest BCUT2D eigenvalue weighted by atomic mass is 16.7. The number of anilines is 1. The van der Waals surface area contributed by atoms with Crippen LogP contribution < -0.4 is 5.12 Å². The van der Waals surface area contributed by atoms with Crippen molar-refractivity contribution >= 4 is 11.9 Å². The molecule has 4 atom stereocenters. The smallest absolute Gasteiger partial charge is 0.174 e. The molecule has 0 amide bonds. The van der Waals surface area contributed by atoms with Crippen molar-refractivity contribution in [1.82, 2.24) is 0 Å². The first-order valence-electron chi connectivity index (χ1n) is 6.25. The van der Waals surface area contributed by atoms with Gasteiger partial charge in [0.25, 0.3) is 0 Å². The van der Waals surface area contributed by atoms with E-state index in [-0.39, 0.29) is 5.69 Å². The monoisotopic (exact) mass is 315 g/mol. The van der Waals surface area contributed by atoms with E-state index >= 15 is 0 Å². The molecule has 0 radical (unpaired) electrons. The Labute approximate surface area is 125 Å². The van der Waals surface area contributed by atoms with E-state index in [9.17, 15) is 25.4 Å². The van der Waals surface area contributed by atoms with Crippen molar-refractivity contribution in [3.8, 4) is 0 Å². The number of hydrogen-bond acceptors (Lipinski definition) is 8. The molecule has 0 saturated carbocycles. The number of aliphatic hydroxyl groups excluding tert-OH is 5. The minimum absolute atomic E-state index is 0.112. The number of rotatable bonds is 8. The van der Waals surface area contributed by atoms with Crippen LogP contribution in [0.4, 0.5) is 5.69 Å². The molecule has 0 saturated heterocycles.